The van der Waals surface area contributed by atoms with Crippen molar-refractivity contribution in [2.45, 2.75) is 52.0 Å². The van der Waals surface area contributed by atoms with Gasteiger partial charge in [-0.05, 0) is 26.3 Å². The highest BCUT2D eigenvalue weighted by atomic mass is 16.2. The van der Waals surface area contributed by atoms with Crippen molar-refractivity contribution in [3.8, 4) is 0 Å². The molecule has 5 heteroatoms. The molecule has 0 spiro atoms. The third kappa shape index (κ3) is 6.63. The summed E-state index contributed by atoms with van der Waals surface area (Å²) in [6.45, 7) is 5.98. The van der Waals surface area contributed by atoms with Crippen LogP contribution in [0.3, 0.4) is 0 Å². The van der Waals surface area contributed by atoms with E-state index in [0.29, 0.717) is 11.8 Å². The van der Waals surface area contributed by atoms with Crippen LogP contribution in [0.25, 0.3) is 0 Å². The Bertz CT molecular complexity index is 553. The molecule has 5 nitrogen and oxygen atoms in total. The van der Waals surface area contributed by atoms with Crippen molar-refractivity contribution < 1.29 is 14.4 Å². The van der Waals surface area contributed by atoms with Gasteiger partial charge >= 0.3 is 0 Å². The van der Waals surface area contributed by atoms with E-state index in [9.17, 15) is 14.4 Å². The Kier molecular flexibility index (Phi) is 7.45. The Balaban J connectivity index is 2.49. The molecule has 0 aliphatic carbocycles. The number of nitrogens with one attached hydrogen (secondary N) is 2. The summed E-state index contributed by atoms with van der Waals surface area (Å²) >= 11 is 0. The van der Waals surface area contributed by atoms with E-state index in [1.807, 2.05) is 13.8 Å². The van der Waals surface area contributed by atoms with Crippen LogP contribution in [0.1, 0.15) is 67.2 Å². The minimum absolute atomic E-state index is 0.108. The van der Waals surface area contributed by atoms with Crippen LogP contribution in [0.5, 0.6) is 0 Å². The van der Waals surface area contributed by atoms with Gasteiger partial charge in [0.1, 0.15) is 0 Å². The number of carbonyl (C=O) groups is 3. The maximum absolute atomic E-state index is 12.1. The van der Waals surface area contributed by atoms with E-state index < -0.39 is 5.91 Å². The van der Waals surface area contributed by atoms with Crippen LogP contribution in [0.4, 0.5) is 0 Å². The Morgan fingerprint density at radius 2 is 1.87 bits per heavy atom. The van der Waals surface area contributed by atoms with E-state index in [1.165, 1.54) is 0 Å². The second-order valence-corrected chi connectivity index (χ2v) is 6.28. The average molecular weight is 318 g/mol. The number of carbonyl (C=O) groups excluding carboxylic acids is 3. The zero-order chi connectivity index (χ0) is 17.3. The quantitative estimate of drug-likeness (QED) is 0.543. The van der Waals surface area contributed by atoms with Gasteiger partial charge in [0.05, 0.1) is 6.54 Å². The molecule has 0 radical (unpaired) electrons. The fourth-order valence-corrected chi connectivity index (χ4v) is 2.36. The van der Waals surface area contributed by atoms with E-state index in [1.54, 1.807) is 24.3 Å². The average Bonchev–Trinajstić information content (AvgIpc) is 2.52. The highest BCUT2D eigenvalue weighted by Gasteiger charge is 2.20. The van der Waals surface area contributed by atoms with E-state index in [2.05, 4.69) is 17.6 Å². The summed E-state index contributed by atoms with van der Waals surface area (Å²) < 4.78 is 0. The Hall–Kier alpha value is -2.17. The number of hydrogen-bond acceptors (Lipinski definition) is 3. The number of amides is 2. The van der Waals surface area contributed by atoms with Crippen molar-refractivity contribution in [2.24, 2.45) is 0 Å². The van der Waals surface area contributed by atoms with Gasteiger partial charge < -0.3 is 10.6 Å². The van der Waals surface area contributed by atoms with Crippen LogP contribution >= 0.6 is 0 Å². The number of aldehydes is 1. The lowest BCUT2D eigenvalue weighted by Crippen LogP contribution is -2.47. The summed E-state index contributed by atoms with van der Waals surface area (Å²) in [5.41, 5.74) is 0.292. The molecule has 0 aliphatic rings. The summed E-state index contributed by atoms with van der Waals surface area (Å²) in [5, 5.41) is 5.48. The van der Waals surface area contributed by atoms with Gasteiger partial charge in [0, 0.05) is 16.7 Å². The molecule has 1 aromatic rings. The van der Waals surface area contributed by atoms with Crippen molar-refractivity contribution in [1.29, 1.82) is 0 Å². The van der Waals surface area contributed by atoms with Crippen molar-refractivity contribution in [1.82, 2.24) is 10.6 Å². The summed E-state index contributed by atoms with van der Waals surface area (Å²) in [6, 6.07) is 6.50. The lowest BCUT2D eigenvalue weighted by Gasteiger charge is -2.26. The third-order valence-corrected chi connectivity index (χ3v) is 3.63. The molecule has 1 rings (SSSR count). The number of benzene rings is 1. The second-order valence-electron chi connectivity index (χ2n) is 6.28. The highest BCUT2D eigenvalue weighted by Crippen LogP contribution is 2.13. The molecule has 23 heavy (non-hydrogen) atoms. The second kappa shape index (κ2) is 9.08. The smallest absolute Gasteiger partial charge is 0.252 e. The first-order valence-corrected chi connectivity index (χ1v) is 8.03. The lowest BCUT2D eigenvalue weighted by molar-refractivity contribution is -0.121. The molecule has 126 valence electrons. The standard InChI is InChI=1S/C18H26N2O3/c1-4-5-8-11-18(2,3)20-16(22)12-19-17(23)15-10-7-6-9-14(15)13-21/h6-7,9-10,13H,4-5,8,11-12H2,1-3H3,(H,19,23)(H,20,22). The van der Waals surface area contributed by atoms with Crippen molar-refractivity contribution in [3.05, 3.63) is 35.4 Å². The first-order chi connectivity index (χ1) is 10.9. The minimum Gasteiger partial charge on any atom is -0.350 e. The minimum atomic E-state index is -0.424. The zero-order valence-corrected chi connectivity index (χ0v) is 14.1. The Morgan fingerprint density at radius 1 is 1.17 bits per heavy atom. The van der Waals surface area contributed by atoms with Gasteiger partial charge in [0.2, 0.25) is 5.91 Å². The fourth-order valence-electron chi connectivity index (χ4n) is 2.36. The van der Waals surface area contributed by atoms with Crippen molar-refractivity contribution in [2.75, 3.05) is 6.54 Å². The molecule has 0 aromatic heterocycles. The van der Waals surface area contributed by atoms with Gasteiger partial charge in [-0.25, -0.2) is 0 Å². The Labute approximate surface area is 137 Å². The van der Waals surface area contributed by atoms with E-state index in [4.69, 9.17) is 0 Å². The molecule has 0 saturated carbocycles. The monoisotopic (exact) mass is 318 g/mol. The molecule has 0 unspecified atom stereocenters. The molecule has 0 aliphatic heterocycles. The molecular weight excluding hydrogens is 292 g/mol. The molecule has 0 saturated heterocycles. The fraction of sp³-hybridized carbons (Fsp3) is 0.500. The van der Waals surface area contributed by atoms with Gasteiger partial charge in [-0.3, -0.25) is 14.4 Å². The third-order valence-electron chi connectivity index (χ3n) is 3.63. The largest absolute Gasteiger partial charge is 0.350 e. The van der Waals surface area contributed by atoms with Crippen LogP contribution in [0, 0.1) is 0 Å². The van der Waals surface area contributed by atoms with Crippen LogP contribution < -0.4 is 10.6 Å². The maximum Gasteiger partial charge on any atom is 0.252 e. The highest BCUT2D eigenvalue weighted by molar-refractivity contribution is 6.02. The molecular formula is C18H26N2O3. The number of hydrogen-bond donors (Lipinski definition) is 2. The number of rotatable bonds is 9. The SMILES string of the molecule is CCCCCC(C)(C)NC(=O)CNC(=O)c1ccccc1C=O. The van der Waals surface area contributed by atoms with Crippen LogP contribution in [-0.2, 0) is 4.79 Å². The Morgan fingerprint density at radius 3 is 2.52 bits per heavy atom. The van der Waals surface area contributed by atoms with Gasteiger partial charge in [-0.2, -0.15) is 0 Å². The summed E-state index contributed by atoms with van der Waals surface area (Å²) in [6.07, 6.45) is 4.86. The van der Waals surface area contributed by atoms with Crippen molar-refractivity contribution >= 4 is 18.1 Å². The van der Waals surface area contributed by atoms with E-state index >= 15 is 0 Å². The predicted molar refractivity (Wildman–Crippen MR) is 90.5 cm³/mol. The molecule has 0 atom stereocenters. The van der Waals surface area contributed by atoms with Crippen molar-refractivity contribution in [3.63, 3.8) is 0 Å². The molecule has 1 aromatic carbocycles. The lowest BCUT2D eigenvalue weighted by atomic mass is 9.96. The normalized spacial score (nSPS) is 10.9. The zero-order valence-electron chi connectivity index (χ0n) is 14.1. The van der Waals surface area contributed by atoms with E-state index in [0.717, 1.165) is 25.7 Å². The number of unbranched alkanes of at least 4 members (excludes halogenated alkanes) is 2. The first kappa shape index (κ1) is 18.9. The molecule has 2 amide bonds. The summed E-state index contributed by atoms with van der Waals surface area (Å²) in [4.78, 5) is 35.0. The van der Waals surface area contributed by atoms with Gasteiger partial charge in [-0.1, -0.05) is 44.4 Å². The molecule has 0 fully saturated rings. The molecule has 2 N–H and O–H groups in total. The van der Waals surface area contributed by atoms with Crippen LogP contribution in [0.15, 0.2) is 24.3 Å². The topological polar surface area (TPSA) is 75.3 Å². The molecule has 0 heterocycles. The first-order valence-electron chi connectivity index (χ1n) is 8.03. The predicted octanol–water partition coefficient (Wildman–Crippen LogP) is 2.70. The summed E-state index contributed by atoms with van der Waals surface area (Å²) in [7, 11) is 0. The maximum atomic E-state index is 12.1. The summed E-state index contributed by atoms with van der Waals surface area (Å²) in [5.74, 6) is -0.657. The van der Waals surface area contributed by atoms with Gasteiger partial charge in [0.15, 0.2) is 6.29 Å². The van der Waals surface area contributed by atoms with E-state index in [-0.39, 0.29) is 23.6 Å². The van der Waals surface area contributed by atoms with Gasteiger partial charge in [0.25, 0.3) is 5.91 Å². The molecule has 0 bridgehead atoms. The van der Waals surface area contributed by atoms with Gasteiger partial charge in [-0.15, -0.1) is 0 Å². The van der Waals surface area contributed by atoms with Crippen LogP contribution in [0.2, 0.25) is 0 Å². The van der Waals surface area contributed by atoms with Crippen LogP contribution in [-0.4, -0.2) is 30.2 Å².